The molecule has 104 valence electrons. The molecule has 1 fully saturated rings. The monoisotopic (exact) mass is 265 g/mol. The number of aromatic nitrogens is 3. The highest BCUT2D eigenvalue weighted by molar-refractivity contribution is 5.73. The molecule has 2 rings (SSSR count). The lowest BCUT2D eigenvalue weighted by molar-refractivity contribution is -0.119. The van der Waals surface area contributed by atoms with Crippen LogP contribution in [0.5, 0.6) is 0 Å². The van der Waals surface area contributed by atoms with Gasteiger partial charge in [-0.3, -0.25) is 4.79 Å². The molecule has 0 radical (unpaired) electrons. The fraction of sp³-hybridized carbons (Fsp3) is 0.636. The largest absolute Gasteiger partial charge is 0.368 e. The van der Waals surface area contributed by atoms with Gasteiger partial charge in [-0.05, 0) is 6.42 Å². The lowest BCUT2D eigenvalue weighted by Gasteiger charge is -2.18. The summed E-state index contributed by atoms with van der Waals surface area (Å²) < 4.78 is 0. The molecule has 1 aliphatic rings. The number of amides is 1. The number of rotatable bonds is 3. The Hall–Kier alpha value is -2.12. The zero-order chi connectivity index (χ0) is 14.0. The van der Waals surface area contributed by atoms with Gasteiger partial charge in [-0.15, -0.1) is 0 Å². The fourth-order valence-electron chi connectivity index (χ4n) is 2.06. The molecule has 0 aliphatic carbocycles. The van der Waals surface area contributed by atoms with E-state index in [-0.39, 0.29) is 17.9 Å². The van der Waals surface area contributed by atoms with E-state index < -0.39 is 0 Å². The number of hydrogen-bond acceptors (Lipinski definition) is 7. The molecule has 1 atom stereocenters. The minimum atomic E-state index is -0.0176. The highest BCUT2D eigenvalue weighted by Crippen LogP contribution is 2.18. The Morgan fingerprint density at radius 2 is 2.16 bits per heavy atom. The number of nitrogens with one attached hydrogen (secondary N) is 1. The smallest absolute Gasteiger partial charge is 0.232 e. The van der Waals surface area contributed by atoms with Crippen LogP contribution in [-0.4, -0.2) is 54.1 Å². The van der Waals surface area contributed by atoms with Crippen molar-refractivity contribution in [3.05, 3.63) is 0 Å². The topological polar surface area (TPSA) is 100 Å². The second-order valence-corrected chi connectivity index (χ2v) is 4.82. The molecule has 0 bridgehead atoms. The van der Waals surface area contributed by atoms with Gasteiger partial charge in [0.2, 0.25) is 23.8 Å². The second-order valence-electron chi connectivity index (χ2n) is 4.82. The van der Waals surface area contributed by atoms with Gasteiger partial charge in [0, 0.05) is 40.2 Å². The van der Waals surface area contributed by atoms with Crippen LogP contribution in [0.2, 0.25) is 0 Å². The predicted octanol–water partition coefficient (Wildman–Crippen LogP) is -0.765. The lowest BCUT2D eigenvalue weighted by Crippen LogP contribution is -2.36. The Morgan fingerprint density at radius 3 is 2.79 bits per heavy atom. The van der Waals surface area contributed by atoms with Crippen molar-refractivity contribution in [1.29, 1.82) is 0 Å². The van der Waals surface area contributed by atoms with Gasteiger partial charge >= 0.3 is 0 Å². The first kappa shape index (κ1) is 13.3. The maximum atomic E-state index is 11.0. The summed E-state index contributed by atoms with van der Waals surface area (Å²) in [5.41, 5.74) is 5.69. The fourth-order valence-corrected chi connectivity index (χ4v) is 2.06. The third-order valence-electron chi connectivity index (χ3n) is 2.91. The standard InChI is InChI=1S/C11H19N7O/c1-7(19)13-8-4-5-18(6-8)11-15-9(12)14-10(16-11)17(2)3/h8H,4-6H2,1-3H3,(H,13,19)(H2,12,14,15,16). The zero-order valence-corrected chi connectivity index (χ0v) is 11.4. The van der Waals surface area contributed by atoms with Crippen molar-refractivity contribution in [3.63, 3.8) is 0 Å². The number of anilines is 3. The van der Waals surface area contributed by atoms with Crippen LogP contribution >= 0.6 is 0 Å². The Morgan fingerprint density at radius 1 is 1.42 bits per heavy atom. The van der Waals surface area contributed by atoms with Crippen molar-refractivity contribution in [2.24, 2.45) is 0 Å². The molecule has 1 amide bonds. The summed E-state index contributed by atoms with van der Waals surface area (Å²) in [5.74, 6) is 1.28. The third kappa shape index (κ3) is 3.21. The van der Waals surface area contributed by atoms with E-state index in [0.29, 0.717) is 18.4 Å². The van der Waals surface area contributed by atoms with Crippen LogP contribution in [0.1, 0.15) is 13.3 Å². The highest BCUT2D eigenvalue weighted by Gasteiger charge is 2.25. The van der Waals surface area contributed by atoms with E-state index in [0.717, 1.165) is 13.0 Å². The predicted molar refractivity (Wildman–Crippen MR) is 73.0 cm³/mol. The Kier molecular flexibility index (Phi) is 3.68. The zero-order valence-electron chi connectivity index (χ0n) is 11.4. The molecular weight excluding hydrogens is 246 g/mol. The van der Waals surface area contributed by atoms with Crippen molar-refractivity contribution in [2.45, 2.75) is 19.4 Å². The van der Waals surface area contributed by atoms with Gasteiger partial charge < -0.3 is 20.9 Å². The first-order valence-corrected chi connectivity index (χ1v) is 6.16. The second kappa shape index (κ2) is 5.25. The number of hydrogen-bond donors (Lipinski definition) is 2. The van der Waals surface area contributed by atoms with Crippen LogP contribution < -0.4 is 20.9 Å². The molecule has 1 unspecified atom stereocenters. The quantitative estimate of drug-likeness (QED) is 0.740. The molecule has 3 N–H and O–H groups in total. The first-order valence-electron chi connectivity index (χ1n) is 6.16. The summed E-state index contributed by atoms with van der Waals surface area (Å²) >= 11 is 0. The number of nitrogen functional groups attached to an aromatic ring is 1. The van der Waals surface area contributed by atoms with Gasteiger partial charge in [-0.25, -0.2) is 0 Å². The van der Waals surface area contributed by atoms with E-state index in [2.05, 4.69) is 20.3 Å². The minimum absolute atomic E-state index is 0.0176. The van der Waals surface area contributed by atoms with Crippen molar-refractivity contribution in [2.75, 3.05) is 42.7 Å². The van der Waals surface area contributed by atoms with E-state index in [4.69, 9.17) is 5.73 Å². The third-order valence-corrected chi connectivity index (χ3v) is 2.91. The number of nitrogens with two attached hydrogens (primary N) is 1. The normalized spacial score (nSPS) is 18.5. The summed E-state index contributed by atoms with van der Waals surface area (Å²) in [5, 5.41) is 2.90. The Labute approximate surface area is 112 Å². The number of nitrogens with zero attached hydrogens (tertiary/aromatic N) is 5. The molecule has 8 heteroatoms. The van der Waals surface area contributed by atoms with Crippen LogP contribution in [0.3, 0.4) is 0 Å². The molecule has 8 nitrogen and oxygen atoms in total. The van der Waals surface area contributed by atoms with E-state index in [9.17, 15) is 4.79 Å². The van der Waals surface area contributed by atoms with Crippen LogP contribution in [0, 0.1) is 0 Å². The molecule has 19 heavy (non-hydrogen) atoms. The van der Waals surface area contributed by atoms with E-state index in [1.165, 1.54) is 6.92 Å². The highest BCUT2D eigenvalue weighted by atomic mass is 16.1. The van der Waals surface area contributed by atoms with Crippen molar-refractivity contribution < 1.29 is 4.79 Å². The SMILES string of the molecule is CC(=O)NC1CCN(c2nc(N)nc(N(C)C)n2)C1. The summed E-state index contributed by atoms with van der Waals surface area (Å²) in [4.78, 5) is 27.4. The lowest BCUT2D eigenvalue weighted by atomic mass is 10.3. The van der Waals surface area contributed by atoms with Crippen LogP contribution in [-0.2, 0) is 4.79 Å². The van der Waals surface area contributed by atoms with Crippen LogP contribution in [0.25, 0.3) is 0 Å². The molecule has 1 aromatic rings. The Balaban J connectivity index is 2.12. The maximum absolute atomic E-state index is 11.0. The molecular formula is C11H19N7O. The number of carbonyl (C=O) groups is 1. The van der Waals surface area contributed by atoms with Crippen molar-refractivity contribution >= 4 is 23.8 Å². The van der Waals surface area contributed by atoms with Gasteiger partial charge in [0.15, 0.2) is 0 Å². The Bertz CT molecular complexity index is 476. The molecule has 0 saturated carbocycles. The molecule has 0 spiro atoms. The van der Waals surface area contributed by atoms with Crippen molar-refractivity contribution in [3.8, 4) is 0 Å². The number of carbonyl (C=O) groups excluding carboxylic acids is 1. The maximum Gasteiger partial charge on any atom is 0.232 e. The minimum Gasteiger partial charge on any atom is -0.368 e. The van der Waals surface area contributed by atoms with E-state index in [1.807, 2.05) is 19.0 Å². The summed E-state index contributed by atoms with van der Waals surface area (Å²) in [6.45, 7) is 3.00. The first-order chi connectivity index (χ1) is 8.95. The summed E-state index contributed by atoms with van der Waals surface area (Å²) in [6.07, 6.45) is 0.877. The van der Waals surface area contributed by atoms with Gasteiger partial charge in [-0.1, -0.05) is 0 Å². The molecule has 2 heterocycles. The average molecular weight is 265 g/mol. The van der Waals surface area contributed by atoms with E-state index in [1.54, 1.807) is 4.90 Å². The van der Waals surface area contributed by atoms with Crippen molar-refractivity contribution in [1.82, 2.24) is 20.3 Å². The average Bonchev–Trinajstić information content (AvgIpc) is 2.75. The van der Waals surface area contributed by atoms with Gasteiger partial charge in [0.1, 0.15) is 0 Å². The summed E-state index contributed by atoms with van der Waals surface area (Å²) in [6, 6.07) is 0.137. The molecule has 1 aliphatic heterocycles. The van der Waals surface area contributed by atoms with Gasteiger partial charge in [0.25, 0.3) is 0 Å². The molecule has 1 aromatic heterocycles. The van der Waals surface area contributed by atoms with Gasteiger partial charge in [-0.2, -0.15) is 15.0 Å². The van der Waals surface area contributed by atoms with Gasteiger partial charge in [0.05, 0.1) is 0 Å². The van der Waals surface area contributed by atoms with Crippen LogP contribution in [0.4, 0.5) is 17.8 Å². The van der Waals surface area contributed by atoms with E-state index >= 15 is 0 Å². The van der Waals surface area contributed by atoms with Crippen LogP contribution in [0.15, 0.2) is 0 Å². The molecule has 1 saturated heterocycles. The summed E-state index contributed by atoms with van der Waals surface area (Å²) in [7, 11) is 3.70. The molecule has 0 aromatic carbocycles.